The number of benzene rings is 1. The number of amides is 1. The van der Waals surface area contributed by atoms with E-state index >= 15 is 0 Å². The third-order valence-electron chi connectivity index (χ3n) is 3.97. The molecular formula is C15H22N2O2. The van der Waals surface area contributed by atoms with Crippen LogP contribution in [0.4, 0.5) is 0 Å². The van der Waals surface area contributed by atoms with Crippen molar-refractivity contribution in [2.75, 3.05) is 20.3 Å². The van der Waals surface area contributed by atoms with Crippen molar-refractivity contribution in [3.05, 3.63) is 34.9 Å². The molecular weight excluding hydrogens is 240 g/mol. The number of methoxy groups -OCH3 is 1. The Balaban J connectivity index is 2.34. The van der Waals surface area contributed by atoms with Crippen LogP contribution in [0.2, 0.25) is 0 Å². The summed E-state index contributed by atoms with van der Waals surface area (Å²) in [5.41, 5.74) is 9.80. The molecule has 1 aliphatic rings. The molecule has 0 radical (unpaired) electrons. The molecule has 4 nitrogen and oxygen atoms in total. The molecule has 1 amide bonds. The van der Waals surface area contributed by atoms with Crippen LogP contribution >= 0.6 is 0 Å². The Kier molecular flexibility index (Phi) is 4.22. The number of hydrogen-bond acceptors (Lipinski definition) is 3. The van der Waals surface area contributed by atoms with Gasteiger partial charge >= 0.3 is 0 Å². The zero-order chi connectivity index (χ0) is 14.0. The first-order valence-corrected chi connectivity index (χ1v) is 6.66. The van der Waals surface area contributed by atoms with Crippen molar-refractivity contribution in [3.63, 3.8) is 0 Å². The van der Waals surface area contributed by atoms with Crippen molar-refractivity contribution >= 4 is 5.91 Å². The monoisotopic (exact) mass is 262 g/mol. The van der Waals surface area contributed by atoms with Crippen LogP contribution in [0.3, 0.4) is 0 Å². The molecule has 2 rings (SSSR count). The van der Waals surface area contributed by atoms with E-state index in [9.17, 15) is 4.79 Å². The Morgan fingerprint density at radius 3 is 2.84 bits per heavy atom. The van der Waals surface area contributed by atoms with Crippen molar-refractivity contribution < 1.29 is 9.53 Å². The van der Waals surface area contributed by atoms with E-state index < -0.39 is 0 Å². The van der Waals surface area contributed by atoms with Gasteiger partial charge in [0.2, 0.25) is 5.91 Å². The molecule has 1 fully saturated rings. The fraction of sp³-hybridized carbons (Fsp3) is 0.533. The van der Waals surface area contributed by atoms with Gasteiger partial charge < -0.3 is 15.4 Å². The number of carbonyl (C=O) groups is 1. The number of nitrogens with two attached hydrogens (primary N) is 1. The van der Waals surface area contributed by atoms with Crippen LogP contribution in [-0.4, -0.2) is 37.1 Å². The van der Waals surface area contributed by atoms with Crippen molar-refractivity contribution in [1.82, 2.24) is 4.90 Å². The molecule has 1 aromatic rings. The van der Waals surface area contributed by atoms with Gasteiger partial charge in [-0.15, -0.1) is 0 Å². The predicted molar refractivity (Wildman–Crippen MR) is 74.8 cm³/mol. The number of ether oxygens (including phenoxy) is 1. The summed E-state index contributed by atoms with van der Waals surface area (Å²) in [5, 5.41) is 0. The summed E-state index contributed by atoms with van der Waals surface area (Å²) >= 11 is 0. The Labute approximate surface area is 114 Å². The molecule has 2 atom stereocenters. The highest BCUT2D eigenvalue weighted by Crippen LogP contribution is 2.34. The van der Waals surface area contributed by atoms with E-state index in [4.69, 9.17) is 10.5 Å². The lowest BCUT2D eigenvalue weighted by atomic mass is 9.94. The maximum Gasteiger partial charge on any atom is 0.224 e. The molecule has 1 saturated heterocycles. The van der Waals surface area contributed by atoms with Crippen molar-refractivity contribution in [2.45, 2.75) is 32.4 Å². The second kappa shape index (κ2) is 5.72. The van der Waals surface area contributed by atoms with Gasteiger partial charge in [0.05, 0.1) is 12.6 Å². The maximum atomic E-state index is 12.1. The lowest BCUT2D eigenvalue weighted by Gasteiger charge is -2.28. The lowest BCUT2D eigenvalue weighted by Crippen LogP contribution is -2.35. The molecule has 19 heavy (non-hydrogen) atoms. The van der Waals surface area contributed by atoms with E-state index in [1.807, 2.05) is 11.0 Å². The van der Waals surface area contributed by atoms with Gasteiger partial charge in [-0.2, -0.15) is 0 Å². The highest BCUT2D eigenvalue weighted by Gasteiger charge is 2.38. The first kappa shape index (κ1) is 14.0. The number of rotatable bonds is 4. The molecule has 0 aliphatic carbocycles. The quantitative estimate of drug-likeness (QED) is 0.895. The lowest BCUT2D eigenvalue weighted by molar-refractivity contribution is -0.129. The van der Waals surface area contributed by atoms with Gasteiger partial charge in [0, 0.05) is 26.1 Å². The van der Waals surface area contributed by atoms with Gasteiger partial charge in [0.15, 0.2) is 0 Å². The summed E-state index contributed by atoms with van der Waals surface area (Å²) in [6.07, 6.45) is 0.418. The van der Waals surface area contributed by atoms with Crippen LogP contribution in [0.1, 0.15) is 29.2 Å². The standard InChI is InChI=1S/C15H22N2O2/c1-10-5-4-6-12(11(10)2)15-13(16)9-14(18)17(15)7-8-19-3/h4-6,13,15H,7-9,16H2,1-3H3. The van der Waals surface area contributed by atoms with Crippen LogP contribution in [0.25, 0.3) is 0 Å². The maximum absolute atomic E-state index is 12.1. The van der Waals surface area contributed by atoms with Gasteiger partial charge in [-0.1, -0.05) is 18.2 Å². The molecule has 2 unspecified atom stereocenters. The summed E-state index contributed by atoms with van der Waals surface area (Å²) in [5.74, 6) is 0.121. The minimum absolute atomic E-state index is 0.0254. The third kappa shape index (κ3) is 2.65. The molecule has 2 N–H and O–H groups in total. The molecule has 0 spiro atoms. The van der Waals surface area contributed by atoms with Gasteiger partial charge in [0.25, 0.3) is 0 Å². The van der Waals surface area contributed by atoms with E-state index in [0.29, 0.717) is 19.6 Å². The van der Waals surface area contributed by atoms with Crippen LogP contribution in [0.5, 0.6) is 0 Å². The van der Waals surface area contributed by atoms with Crippen molar-refractivity contribution in [2.24, 2.45) is 5.73 Å². The van der Waals surface area contributed by atoms with Gasteiger partial charge in [-0.25, -0.2) is 0 Å². The fourth-order valence-electron chi connectivity index (χ4n) is 2.76. The zero-order valence-electron chi connectivity index (χ0n) is 11.8. The molecule has 4 heteroatoms. The normalized spacial score (nSPS) is 23.2. The summed E-state index contributed by atoms with van der Waals surface area (Å²) < 4.78 is 5.09. The predicted octanol–water partition coefficient (Wildman–Crippen LogP) is 1.55. The van der Waals surface area contributed by atoms with Crippen LogP contribution in [0.15, 0.2) is 18.2 Å². The Hall–Kier alpha value is -1.39. The molecule has 0 aromatic heterocycles. The summed E-state index contributed by atoms with van der Waals surface area (Å²) in [7, 11) is 1.65. The molecule has 104 valence electrons. The topological polar surface area (TPSA) is 55.6 Å². The van der Waals surface area contributed by atoms with E-state index in [1.54, 1.807) is 7.11 Å². The Morgan fingerprint density at radius 2 is 2.16 bits per heavy atom. The first-order valence-electron chi connectivity index (χ1n) is 6.66. The highest BCUT2D eigenvalue weighted by molar-refractivity contribution is 5.80. The Morgan fingerprint density at radius 1 is 1.42 bits per heavy atom. The van der Waals surface area contributed by atoms with E-state index in [1.165, 1.54) is 11.1 Å². The zero-order valence-corrected chi connectivity index (χ0v) is 11.8. The van der Waals surface area contributed by atoms with E-state index in [0.717, 1.165) is 5.56 Å². The van der Waals surface area contributed by atoms with Gasteiger partial charge in [0.1, 0.15) is 0 Å². The molecule has 1 heterocycles. The number of carbonyl (C=O) groups excluding carboxylic acids is 1. The van der Waals surface area contributed by atoms with Gasteiger partial charge in [-0.05, 0) is 30.5 Å². The van der Waals surface area contributed by atoms with E-state index in [2.05, 4.69) is 26.0 Å². The molecule has 0 saturated carbocycles. The first-order chi connectivity index (χ1) is 9.06. The largest absolute Gasteiger partial charge is 0.383 e. The second-order valence-corrected chi connectivity index (χ2v) is 5.18. The van der Waals surface area contributed by atoms with Crippen LogP contribution < -0.4 is 5.73 Å². The van der Waals surface area contributed by atoms with Crippen LogP contribution in [-0.2, 0) is 9.53 Å². The molecule has 0 bridgehead atoms. The minimum Gasteiger partial charge on any atom is -0.383 e. The fourth-order valence-corrected chi connectivity index (χ4v) is 2.76. The Bertz CT molecular complexity index is 473. The smallest absolute Gasteiger partial charge is 0.224 e. The number of likely N-dealkylation sites (tertiary alicyclic amines) is 1. The van der Waals surface area contributed by atoms with Crippen LogP contribution in [0, 0.1) is 13.8 Å². The summed E-state index contributed by atoms with van der Waals surface area (Å²) in [6.45, 7) is 5.32. The number of nitrogens with zero attached hydrogens (tertiary/aromatic N) is 1. The molecule has 1 aromatic carbocycles. The molecule has 1 aliphatic heterocycles. The number of aryl methyl sites for hydroxylation is 1. The summed E-state index contributed by atoms with van der Waals surface area (Å²) in [6, 6.07) is 6.03. The van der Waals surface area contributed by atoms with E-state index in [-0.39, 0.29) is 18.0 Å². The average molecular weight is 262 g/mol. The van der Waals surface area contributed by atoms with Crippen molar-refractivity contribution in [1.29, 1.82) is 0 Å². The SMILES string of the molecule is COCCN1C(=O)CC(N)C1c1cccc(C)c1C. The summed E-state index contributed by atoms with van der Waals surface area (Å²) in [4.78, 5) is 13.9. The highest BCUT2D eigenvalue weighted by atomic mass is 16.5. The minimum atomic E-state index is -0.134. The average Bonchev–Trinajstić information content (AvgIpc) is 2.65. The van der Waals surface area contributed by atoms with Gasteiger partial charge in [-0.3, -0.25) is 4.79 Å². The third-order valence-corrected chi connectivity index (χ3v) is 3.97. The number of hydrogen-bond donors (Lipinski definition) is 1. The van der Waals surface area contributed by atoms with Crippen molar-refractivity contribution in [3.8, 4) is 0 Å². The second-order valence-electron chi connectivity index (χ2n) is 5.18.